The first kappa shape index (κ1) is 25.4. The average molecular weight is 522 g/mol. The first-order valence-corrected chi connectivity index (χ1v) is 12.5. The number of hydrogen-bond acceptors (Lipinski definition) is 9. The van der Waals surface area contributed by atoms with Crippen molar-refractivity contribution >= 4 is 28.9 Å². The van der Waals surface area contributed by atoms with Crippen LogP contribution in [0.3, 0.4) is 0 Å². The molecule has 11 nitrogen and oxygen atoms in total. The van der Waals surface area contributed by atoms with Crippen LogP contribution in [0.15, 0.2) is 29.1 Å². The van der Waals surface area contributed by atoms with E-state index in [9.17, 15) is 24.3 Å². The SMILES string of the molecule is CCOC(=O)CNC(=O)Oc1ccc2nc3c(c(CC)c2c1)Cn1c-3cc2c(c1=O)COC(=O)[C@]2(O)CC. The molecule has 0 fully saturated rings. The summed E-state index contributed by atoms with van der Waals surface area (Å²) < 4.78 is 16.9. The van der Waals surface area contributed by atoms with Gasteiger partial charge in [0.2, 0.25) is 0 Å². The molecule has 1 aromatic carbocycles. The second kappa shape index (κ2) is 9.56. The van der Waals surface area contributed by atoms with E-state index in [2.05, 4.69) is 5.32 Å². The molecule has 2 aromatic heterocycles. The van der Waals surface area contributed by atoms with Crippen molar-refractivity contribution in [3.63, 3.8) is 0 Å². The number of pyridine rings is 2. The van der Waals surface area contributed by atoms with E-state index in [-0.39, 0.29) is 55.2 Å². The Hall–Kier alpha value is -4.25. The van der Waals surface area contributed by atoms with Crippen molar-refractivity contribution < 1.29 is 33.7 Å². The highest BCUT2D eigenvalue weighted by Crippen LogP contribution is 2.40. The largest absolute Gasteiger partial charge is 0.465 e. The fraction of sp³-hybridized carbons (Fsp3) is 0.370. The number of aryl methyl sites for hydroxylation is 1. The van der Waals surface area contributed by atoms with Gasteiger partial charge in [-0.3, -0.25) is 9.59 Å². The maximum absolute atomic E-state index is 13.4. The molecule has 2 aliphatic heterocycles. The quantitative estimate of drug-likeness (QED) is 0.365. The van der Waals surface area contributed by atoms with E-state index in [1.165, 1.54) is 0 Å². The molecule has 198 valence electrons. The number of benzene rings is 1. The summed E-state index contributed by atoms with van der Waals surface area (Å²) in [5.74, 6) is -1.07. The van der Waals surface area contributed by atoms with Gasteiger partial charge in [-0.1, -0.05) is 13.8 Å². The molecular weight excluding hydrogens is 494 g/mol. The number of cyclic esters (lactones) is 1. The molecule has 1 amide bonds. The maximum Gasteiger partial charge on any atom is 0.413 e. The van der Waals surface area contributed by atoms with Crippen molar-refractivity contribution in [2.45, 2.75) is 52.4 Å². The number of rotatable bonds is 6. The van der Waals surface area contributed by atoms with Gasteiger partial charge in [0.1, 0.15) is 18.9 Å². The van der Waals surface area contributed by atoms with Gasteiger partial charge in [-0.15, -0.1) is 0 Å². The molecule has 0 aliphatic carbocycles. The van der Waals surface area contributed by atoms with E-state index in [4.69, 9.17) is 19.2 Å². The fourth-order valence-electron chi connectivity index (χ4n) is 5.11. The second-order valence-electron chi connectivity index (χ2n) is 9.10. The zero-order valence-corrected chi connectivity index (χ0v) is 21.3. The van der Waals surface area contributed by atoms with Crippen LogP contribution in [0.2, 0.25) is 0 Å². The number of ether oxygens (including phenoxy) is 3. The van der Waals surface area contributed by atoms with Crippen LogP contribution in [0, 0.1) is 0 Å². The van der Waals surface area contributed by atoms with Crippen molar-refractivity contribution in [2.24, 2.45) is 0 Å². The fourth-order valence-corrected chi connectivity index (χ4v) is 5.11. The molecular formula is C27H27N3O8. The van der Waals surface area contributed by atoms with Crippen molar-refractivity contribution in [3.05, 3.63) is 56.9 Å². The zero-order chi connectivity index (χ0) is 27.2. The number of fused-ring (bicyclic) bond motifs is 5. The van der Waals surface area contributed by atoms with Gasteiger partial charge in [0.25, 0.3) is 5.56 Å². The van der Waals surface area contributed by atoms with Gasteiger partial charge in [-0.05, 0) is 49.6 Å². The van der Waals surface area contributed by atoms with Gasteiger partial charge < -0.3 is 29.2 Å². The molecule has 1 atom stereocenters. The van der Waals surface area contributed by atoms with E-state index >= 15 is 0 Å². The summed E-state index contributed by atoms with van der Waals surface area (Å²) in [5.41, 5.74) is 1.84. The lowest BCUT2D eigenvalue weighted by Crippen LogP contribution is -2.44. The molecule has 0 unspecified atom stereocenters. The Kier molecular flexibility index (Phi) is 6.39. The van der Waals surface area contributed by atoms with E-state index in [0.717, 1.165) is 16.5 Å². The van der Waals surface area contributed by atoms with Gasteiger partial charge in [0.15, 0.2) is 5.60 Å². The highest BCUT2D eigenvalue weighted by atomic mass is 16.6. The molecule has 0 spiro atoms. The van der Waals surface area contributed by atoms with Gasteiger partial charge in [0, 0.05) is 16.5 Å². The maximum atomic E-state index is 13.4. The second-order valence-corrected chi connectivity index (χ2v) is 9.10. The number of carbonyl (C=O) groups is 3. The van der Waals surface area contributed by atoms with Crippen LogP contribution in [0.4, 0.5) is 4.79 Å². The lowest BCUT2D eigenvalue weighted by molar-refractivity contribution is -0.172. The van der Waals surface area contributed by atoms with Crippen LogP contribution in [0.25, 0.3) is 22.3 Å². The van der Waals surface area contributed by atoms with Crippen LogP contribution < -0.4 is 15.6 Å². The third-order valence-corrected chi connectivity index (χ3v) is 7.02. The molecule has 5 rings (SSSR count). The monoisotopic (exact) mass is 521 g/mol. The highest BCUT2D eigenvalue weighted by molar-refractivity contribution is 5.90. The van der Waals surface area contributed by atoms with Crippen molar-refractivity contribution in [1.29, 1.82) is 0 Å². The van der Waals surface area contributed by atoms with Crippen molar-refractivity contribution in [3.8, 4) is 17.1 Å². The number of aromatic nitrogens is 2. The van der Waals surface area contributed by atoms with Crippen LogP contribution in [-0.2, 0) is 44.2 Å². The summed E-state index contributed by atoms with van der Waals surface area (Å²) in [7, 11) is 0. The smallest absolute Gasteiger partial charge is 0.413 e. The topological polar surface area (TPSA) is 146 Å². The van der Waals surface area contributed by atoms with E-state index in [0.29, 0.717) is 23.3 Å². The van der Waals surface area contributed by atoms with Crippen molar-refractivity contribution in [2.75, 3.05) is 13.2 Å². The average Bonchev–Trinajstić information content (AvgIpc) is 3.27. The molecule has 4 heterocycles. The van der Waals surface area contributed by atoms with Crippen LogP contribution >= 0.6 is 0 Å². The van der Waals surface area contributed by atoms with E-state index < -0.39 is 23.6 Å². The molecule has 2 N–H and O–H groups in total. The van der Waals surface area contributed by atoms with E-state index in [1.807, 2.05) is 6.92 Å². The molecule has 0 radical (unpaired) electrons. The summed E-state index contributed by atoms with van der Waals surface area (Å²) in [6, 6.07) is 6.67. The Bertz CT molecular complexity index is 1560. The first-order chi connectivity index (χ1) is 18.2. The van der Waals surface area contributed by atoms with Gasteiger partial charge in [0.05, 0.1) is 35.6 Å². The lowest BCUT2D eigenvalue weighted by atomic mass is 9.86. The number of aliphatic hydroxyl groups is 1. The van der Waals surface area contributed by atoms with Crippen molar-refractivity contribution in [1.82, 2.24) is 14.9 Å². The van der Waals surface area contributed by atoms with Gasteiger partial charge in [-0.25, -0.2) is 14.6 Å². The molecule has 0 saturated carbocycles. The highest BCUT2D eigenvalue weighted by Gasteiger charge is 2.45. The third-order valence-electron chi connectivity index (χ3n) is 7.02. The number of hydrogen-bond donors (Lipinski definition) is 2. The lowest BCUT2D eigenvalue weighted by Gasteiger charge is -2.31. The minimum atomic E-state index is -1.89. The number of amides is 1. The standard InChI is InChI=1S/C27H27N3O8/c1-4-15-16-9-14(38-26(34)28-11-22(31)36-6-3)7-8-20(16)29-23-17(15)12-30-21(23)10-19-18(24(30)32)13-37-25(33)27(19,35)5-2/h7-10,35H,4-6,11-13H2,1-3H3,(H,28,34)/t27-/m0/s1. The minimum absolute atomic E-state index is 0.0656. The Labute approximate surface area is 217 Å². The Morgan fingerprint density at radius 2 is 1.97 bits per heavy atom. The van der Waals surface area contributed by atoms with Crippen LogP contribution in [0.5, 0.6) is 5.75 Å². The summed E-state index contributed by atoms with van der Waals surface area (Å²) >= 11 is 0. The zero-order valence-electron chi connectivity index (χ0n) is 21.3. The predicted octanol–water partition coefficient (Wildman–Crippen LogP) is 2.29. The number of nitrogens with one attached hydrogen (secondary N) is 1. The van der Waals surface area contributed by atoms with Crippen LogP contribution in [-0.4, -0.2) is 45.8 Å². The van der Waals surface area contributed by atoms with Crippen LogP contribution in [0.1, 0.15) is 49.4 Å². The Balaban J connectivity index is 1.54. The molecule has 3 aromatic rings. The number of carbonyl (C=O) groups excluding carboxylic acids is 3. The summed E-state index contributed by atoms with van der Waals surface area (Å²) in [5, 5.41) is 14.2. The van der Waals surface area contributed by atoms with Gasteiger partial charge >= 0.3 is 18.0 Å². The molecule has 0 bridgehead atoms. The number of esters is 2. The summed E-state index contributed by atoms with van der Waals surface area (Å²) in [4.78, 5) is 54.3. The minimum Gasteiger partial charge on any atom is -0.465 e. The predicted molar refractivity (Wildman–Crippen MR) is 135 cm³/mol. The first-order valence-electron chi connectivity index (χ1n) is 12.5. The molecule has 2 aliphatic rings. The summed E-state index contributed by atoms with van der Waals surface area (Å²) in [6.45, 7) is 5.29. The van der Waals surface area contributed by atoms with Gasteiger partial charge in [-0.2, -0.15) is 0 Å². The molecule has 38 heavy (non-hydrogen) atoms. The molecule has 11 heteroatoms. The number of nitrogens with zero attached hydrogens (tertiary/aromatic N) is 2. The third kappa shape index (κ3) is 3.99. The Morgan fingerprint density at radius 1 is 1.18 bits per heavy atom. The normalized spacial score (nSPS) is 17.3. The summed E-state index contributed by atoms with van der Waals surface area (Å²) in [6.07, 6.45) is -0.117. The van der Waals surface area contributed by atoms with E-state index in [1.54, 1.807) is 42.7 Å². The molecule has 0 saturated heterocycles. The Morgan fingerprint density at radius 3 is 2.68 bits per heavy atom.